The van der Waals surface area contributed by atoms with Gasteiger partial charge in [-0.05, 0) is 25.7 Å². The third-order valence-corrected chi connectivity index (χ3v) is 6.06. The minimum absolute atomic E-state index is 0.0151. The predicted octanol–water partition coefficient (Wildman–Crippen LogP) is 2.24. The van der Waals surface area contributed by atoms with E-state index in [1.807, 2.05) is 0 Å². The number of alkyl carbamates (subject to hydrolysis) is 1. The first-order chi connectivity index (χ1) is 12.3. The SMILES string of the molecule is CO[C@@H]1[C@H](OC(=O)NC(=O)CCl)C[C@]2(CO2)[C@H]1[C@@]1(C)O[C@@H]1CCC(C)C. The number of methoxy groups -OCH3 is 1. The summed E-state index contributed by atoms with van der Waals surface area (Å²) in [5, 5.41) is 2.10. The van der Waals surface area contributed by atoms with E-state index in [1.165, 1.54) is 0 Å². The van der Waals surface area contributed by atoms with E-state index in [0.717, 1.165) is 12.8 Å². The Morgan fingerprint density at radius 1 is 1.38 bits per heavy atom. The summed E-state index contributed by atoms with van der Waals surface area (Å²) in [6.07, 6.45) is 1.14. The van der Waals surface area contributed by atoms with E-state index in [9.17, 15) is 9.59 Å². The van der Waals surface area contributed by atoms with Gasteiger partial charge < -0.3 is 18.9 Å². The fourth-order valence-electron chi connectivity index (χ4n) is 4.42. The molecule has 0 aromatic carbocycles. The molecule has 1 saturated carbocycles. The van der Waals surface area contributed by atoms with Gasteiger partial charge in [0.2, 0.25) is 5.91 Å². The number of halogens is 1. The summed E-state index contributed by atoms with van der Waals surface area (Å²) in [5.74, 6) is -0.287. The zero-order valence-electron chi connectivity index (χ0n) is 15.7. The average molecular weight is 390 g/mol. The molecule has 8 heteroatoms. The number of carbonyl (C=O) groups excluding carboxylic acids is 2. The fraction of sp³-hybridized carbons (Fsp3) is 0.889. The molecule has 3 rings (SSSR count). The van der Waals surface area contributed by atoms with E-state index in [1.54, 1.807) is 7.11 Å². The van der Waals surface area contributed by atoms with E-state index in [0.29, 0.717) is 18.9 Å². The Hall–Kier alpha value is -0.890. The third kappa shape index (κ3) is 3.72. The molecule has 2 heterocycles. The van der Waals surface area contributed by atoms with E-state index in [2.05, 4.69) is 26.1 Å². The summed E-state index contributed by atoms with van der Waals surface area (Å²) in [7, 11) is 1.60. The molecule has 148 valence electrons. The lowest BCUT2D eigenvalue weighted by atomic mass is 9.80. The smallest absolute Gasteiger partial charge is 0.414 e. The summed E-state index contributed by atoms with van der Waals surface area (Å²) >= 11 is 5.40. The molecule has 0 bridgehead atoms. The molecule has 0 radical (unpaired) electrons. The van der Waals surface area contributed by atoms with Crippen LogP contribution in [-0.4, -0.2) is 61.1 Å². The molecule has 3 fully saturated rings. The van der Waals surface area contributed by atoms with Crippen molar-refractivity contribution in [2.75, 3.05) is 19.6 Å². The number of ether oxygens (including phenoxy) is 4. The minimum atomic E-state index is -0.808. The molecule has 1 aliphatic carbocycles. The summed E-state index contributed by atoms with van der Waals surface area (Å²) in [4.78, 5) is 23.2. The number of rotatable bonds is 7. The Balaban J connectivity index is 1.67. The summed E-state index contributed by atoms with van der Waals surface area (Å²) in [6.45, 7) is 7.10. The maximum atomic E-state index is 11.9. The topological polar surface area (TPSA) is 89.7 Å². The molecule has 1 spiro atoms. The van der Waals surface area contributed by atoms with Crippen LogP contribution in [0.25, 0.3) is 0 Å². The number of carbonyl (C=O) groups is 2. The zero-order valence-corrected chi connectivity index (χ0v) is 16.5. The minimum Gasteiger partial charge on any atom is -0.443 e. The van der Waals surface area contributed by atoms with Crippen molar-refractivity contribution in [3.63, 3.8) is 0 Å². The quantitative estimate of drug-likeness (QED) is 0.530. The van der Waals surface area contributed by atoms with E-state index in [4.69, 9.17) is 30.5 Å². The third-order valence-electron chi connectivity index (χ3n) is 5.82. The molecule has 3 aliphatic rings. The fourth-order valence-corrected chi connectivity index (χ4v) is 4.49. The number of nitrogens with one attached hydrogen (secondary N) is 1. The van der Waals surface area contributed by atoms with Gasteiger partial charge in [0.1, 0.15) is 29.3 Å². The first-order valence-corrected chi connectivity index (χ1v) is 9.70. The van der Waals surface area contributed by atoms with E-state index < -0.39 is 18.1 Å². The van der Waals surface area contributed by atoms with Gasteiger partial charge in [-0.1, -0.05) is 13.8 Å². The van der Waals surface area contributed by atoms with Gasteiger partial charge in [-0.25, -0.2) is 4.79 Å². The van der Waals surface area contributed by atoms with Gasteiger partial charge in [-0.15, -0.1) is 11.6 Å². The van der Waals surface area contributed by atoms with Crippen molar-refractivity contribution in [2.24, 2.45) is 11.8 Å². The number of hydrogen-bond acceptors (Lipinski definition) is 6. The second-order valence-corrected chi connectivity index (χ2v) is 8.39. The first kappa shape index (κ1) is 19.9. The highest BCUT2D eigenvalue weighted by Crippen LogP contribution is 2.61. The van der Waals surface area contributed by atoms with Crippen molar-refractivity contribution in [3.8, 4) is 0 Å². The molecular weight excluding hydrogens is 362 g/mol. The van der Waals surface area contributed by atoms with Gasteiger partial charge in [0.05, 0.1) is 18.6 Å². The summed E-state index contributed by atoms with van der Waals surface area (Å²) < 4.78 is 23.1. The van der Waals surface area contributed by atoms with Crippen molar-refractivity contribution in [1.82, 2.24) is 5.32 Å². The van der Waals surface area contributed by atoms with Gasteiger partial charge in [-0.2, -0.15) is 0 Å². The van der Waals surface area contributed by atoms with Crippen molar-refractivity contribution in [1.29, 1.82) is 0 Å². The van der Waals surface area contributed by atoms with Gasteiger partial charge >= 0.3 is 6.09 Å². The largest absolute Gasteiger partial charge is 0.443 e. The first-order valence-electron chi connectivity index (χ1n) is 9.16. The highest BCUT2D eigenvalue weighted by atomic mass is 35.5. The van der Waals surface area contributed by atoms with Gasteiger partial charge in [0.25, 0.3) is 0 Å². The maximum absolute atomic E-state index is 11.9. The van der Waals surface area contributed by atoms with Crippen LogP contribution in [0.15, 0.2) is 0 Å². The van der Waals surface area contributed by atoms with Crippen LogP contribution in [0.1, 0.15) is 40.0 Å². The Kier molecular flexibility index (Phi) is 5.55. The number of alkyl halides is 1. The standard InChI is InChI=1S/C18H28ClNO6/c1-10(2)5-6-12-17(3,26-12)15-14(23-4)11(7-18(15)9-24-18)25-16(22)20-13(21)8-19/h10-12,14-15H,5-9H2,1-4H3,(H,20,21,22)/t11-,12-,14-,15-,17+,18+/m1/s1. The molecule has 7 nitrogen and oxygen atoms in total. The summed E-state index contributed by atoms with van der Waals surface area (Å²) in [5.41, 5.74) is -0.712. The highest BCUT2D eigenvalue weighted by molar-refractivity contribution is 6.28. The van der Waals surface area contributed by atoms with E-state index in [-0.39, 0.29) is 35.2 Å². The molecule has 1 N–H and O–H groups in total. The van der Waals surface area contributed by atoms with Crippen LogP contribution < -0.4 is 5.32 Å². The second kappa shape index (κ2) is 7.26. The number of amides is 2. The van der Waals surface area contributed by atoms with Crippen molar-refractivity contribution in [3.05, 3.63) is 0 Å². The molecule has 0 unspecified atom stereocenters. The monoisotopic (exact) mass is 389 g/mol. The lowest BCUT2D eigenvalue weighted by Crippen LogP contribution is -2.43. The zero-order chi connectivity index (χ0) is 19.1. The number of epoxide rings is 2. The van der Waals surface area contributed by atoms with Gasteiger partial charge in [0.15, 0.2) is 0 Å². The van der Waals surface area contributed by atoms with Crippen molar-refractivity contribution >= 4 is 23.6 Å². The predicted molar refractivity (Wildman–Crippen MR) is 94.1 cm³/mol. The lowest BCUT2D eigenvalue weighted by molar-refractivity contribution is -0.118. The summed E-state index contributed by atoms with van der Waals surface area (Å²) in [6, 6.07) is 0. The molecule has 26 heavy (non-hydrogen) atoms. The highest BCUT2D eigenvalue weighted by Gasteiger charge is 2.75. The van der Waals surface area contributed by atoms with Crippen LogP contribution in [0.4, 0.5) is 4.79 Å². The second-order valence-electron chi connectivity index (χ2n) is 8.12. The van der Waals surface area contributed by atoms with E-state index >= 15 is 0 Å². The molecule has 2 amide bonds. The van der Waals surface area contributed by atoms with Gasteiger partial charge in [-0.3, -0.25) is 10.1 Å². The average Bonchev–Trinajstić information content (AvgIpc) is 3.44. The Morgan fingerprint density at radius 2 is 2.08 bits per heavy atom. The normalized spacial score (nSPS) is 40.7. The maximum Gasteiger partial charge on any atom is 0.414 e. The molecular formula is C18H28ClNO6. The van der Waals surface area contributed by atoms with Crippen LogP contribution in [0.3, 0.4) is 0 Å². The van der Waals surface area contributed by atoms with Crippen LogP contribution in [-0.2, 0) is 23.7 Å². The number of imide groups is 1. The molecule has 2 saturated heterocycles. The lowest BCUT2D eigenvalue weighted by Gasteiger charge is -2.27. The van der Waals surface area contributed by atoms with Crippen molar-refractivity contribution in [2.45, 2.75) is 69.5 Å². The van der Waals surface area contributed by atoms with Gasteiger partial charge in [0, 0.05) is 13.5 Å². The Morgan fingerprint density at radius 3 is 2.62 bits per heavy atom. The van der Waals surface area contributed by atoms with Crippen molar-refractivity contribution < 1.29 is 28.5 Å². The Labute approximate surface area is 159 Å². The molecule has 6 atom stereocenters. The molecule has 2 aliphatic heterocycles. The Bertz CT molecular complexity index is 566. The molecule has 0 aromatic heterocycles. The van der Waals surface area contributed by atoms with Crippen LogP contribution in [0.5, 0.6) is 0 Å². The van der Waals surface area contributed by atoms with Crippen LogP contribution in [0, 0.1) is 11.8 Å². The number of hydrogen-bond donors (Lipinski definition) is 1. The van der Waals surface area contributed by atoms with Crippen LogP contribution in [0.2, 0.25) is 0 Å². The molecule has 0 aromatic rings. The van der Waals surface area contributed by atoms with Crippen LogP contribution >= 0.6 is 11.6 Å².